The van der Waals surface area contributed by atoms with Crippen LogP contribution in [-0.4, -0.2) is 53.8 Å². The van der Waals surface area contributed by atoms with Crippen LogP contribution in [0.2, 0.25) is 0 Å². The molecule has 1 unspecified atom stereocenters. The number of nitrogens with zero attached hydrogens (tertiary/aromatic N) is 3. The number of sulfone groups is 1. The molecule has 2 aromatic heterocycles. The maximum Gasteiger partial charge on any atom is 0.255 e. The highest BCUT2D eigenvalue weighted by molar-refractivity contribution is 7.91. The van der Waals surface area contributed by atoms with Gasteiger partial charge in [-0.05, 0) is 30.7 Å². The van der Waals surface area contributed by atoms with Crippen LogP contribution < -0.4 is 5.32 Å². The van der Waals surface area contributed by atoms with Crippen LogP contribution in [0.1, 0.15) is 22.5 Å². The van der Waals surface area contributed by atoms with Gasteiger partial charge in [0.05, 0.1) is 29.3 Å². The summed E-state index contributed by atoms with van der Waals surface area (Å²) < 4.78 is 23.1. The number of pyridine rings is 2. The first-order chi connectivity index (χ1) is 11.9. The molecule has 0 radical (unpaired) electrons. The number of nitrogens with one attached hydrogen (secondary N) is 1. The zero-order chi connectivity index (χ0) is 17.9. The lowest BCUT2D eigenvalue weighted by molar-refractivity contribution is 0.0747. The first-order valence-corrected chi connectivity index (χ1v) is 9.84. The fourth-order valence-corrected chi connectivity index (χ4v) is 4.53. The number of carbonyl (C=O) groups excluding carboxylic acids is 1. The van der Waals surface area contributed by atoms with Crippen molar-refractivity contribution in [3.05, 3.63) is 54.0 Å². The Labute approximate surface area is 147 Å². The Bertz CT molecular complexity index is 838. The molecule has 0 aliphatic carbocycles. The lowest BCUT2D eigenvalue weighted by Crippen LogP contribution is -2.37. The minimum Gasteiger partial charge on any atom is -0.364 e. The number of amides is 1. The van der Waals surface area contributed by atoms with Crippen LogP contribution in [0, 0.1) is 0 Å². The molecule has 0 saturated carbocycles. The van der Waals surface area contributed by atoms with E-state index in [1.165, 1.54) is 11.1 Å². The molecular weight excluding hydrogens is 340 g/mol. The molecule has 7 nitrogen and oxygen atoms in total. The lowest BCUT2D eigenvalue weighted by atomic mass is 10.2. The first-order valence-electron chi connectivity index (χ1n) is 8.02. The molecule has 1 aliphatic heterocycles. The molecule has 0 spiro atoms. The van der Waals surface area contributed by atoms with Gasteiger partial charge in [0, 0.05) is 25.5 Å². The quantitative estimate of drug-likeness (QED) is 0.865. The first kappa shape index (κ1) is 17.3. The van der Waals surface area contributed by atoms with Crippen molar-refractivity contribution >= 4 is 21.6 Å². The maximum atomic E-state index is 12.5. The Morgan fingerprint density at radius 1 is 1.28 bits per heavy atom. The van der Waals surface area contributed by atoms with Crippen LogP contribution in [0.15, 0.2) is 42.7 Å². The summed E-state index contributed by atoms with van der Waals surface area (Å²) in [5.74, 6) is 0.607. The molecule has 132 valence electrons. The predicted octanol–water partition coefficient (Wildman–Crippen LogP) is 1.35. The highest BCUT2D eigenvalue weighted by Gasteiger charge is 2.33. The third kappa shape index (κ3) is 4.33. The van der Waals surface area contributed by atoms with Crippen LogP contribution in [0.3, 0.4) is 0 Å². The van der Waals surface area contributed by atoms with E-state index in [-0.39, 0.29) is 23.5 Å². The summed E-state index contributed by atoms with van der Waals surface area (Å²) in [4.78, 5) is 22.5. The lowest BCUT2D eigenvalue weighted by Gasteiger charge is -2.23. The summed E-state index contributed by atoms with van der Waals surface area (Å²) >= 11 is 0. The SMILES string of the molecule is CN(C(=O)c1ccc(NCc2ccccn2)nc1)C1CCS(=O)(=O)C1. The van der Waals surface area contributed by atoms with Gasteiger partial charge in [-0.1, -0.05) is 6.07 Å². The summed E-state index contributed by atoms with van der Waals surface area (Å²) in [5, 5.41) is 3.14. The number of hydrogen-bond donors (Lipinski definition) is 1. The van der Waals surface area contributed by atoms with Crippen LogP contribution in [0.4, 0.5) is 5.82 Å². The largest absolute Gasteiger partial charge is 0.364 e. The van der Waals surface area contributed by atoms with Crippen LogP contribution in [0.5, 0.6) is 0 Å². The molecule has 1 atom stereocenters. The second kappa shape index (κ2) is 7.18. The number of anilines is 1. The number of rotatable bonds is 5. The molecule has 3 heterocycles. The van der Waals surface area contributed by atoms with Crippen molar-refractivity contribution in [2.45, 2.75) is 19.0 Å². The van der Waals surface area contributed by atoms with E-state index >= 15 is 0 Å². The van der Waals surface area contributed by atoms with E-state index in [2.05, 4.69) is 15.3 Å². The summed E-state index contributed by atoms with van der Waals surface area (Å²) in [6.07, 6.45) is 3.72. The second-order valence-electron chi connectivity index (χ2n) is 6.08. The molecule has 0 bridgehead atoms. The maximum absolute atomic E-state index is 12.5. The van der Waals surface area contributed by atoms with Crippen LogP contribution in [0.25, 0.3) is 0 Å². The van der Waals surface area contributed by atoms with Gasteiger partial charge in [0.25, 0.3) is 5.91 Å². The highest BCUT2D eigenvalue weighted by atomic mass is 32.2. The number of hydrogen-bond acceptors (Lipinski definition) is 6. The average Bonchev–Trinajstić information content (AvgIpc) is 3.00. The third-order valence-corrected chi connectivity index (χ3v) is 6.01. The standard InChI is InChI=1S/C17H20N4O3S/c1-21(15-7-9-25(23,24)12-15)17(22)13-5-6-16(19-10-13)20-11-14-4-2-3-8-18-14/h2-6,8,10,15H,7,9,11-12H2,1H3,(H,19,20). The number of carbonyl (C=O) groups is 1. The van der Waals surface area contributed by atoms with Crippen molar-refractivity contribution < 1.29 is 13.2 Å². The van der Waals surface area contributed by atoms with Crippen molar-refractivity contribution in [2.24, 2.45) is 0 Å². The molecule has 8 heteroatoms. The summed E-state index contributed by atoms with van der Waals surface area (Å²) in [7, 11) is -1.38. The molecule has 1 saturated heterocycles. The smallest absolute Gasteiger partial charge is 0.255 e. The summed E-state index contributed by atoms with van der Waals surface area (Å²) in [5.41, 5.74) is 1.34. The monoisotopic (exact) mass is 360 g/mol. The topological polar surface area (TPSA) is 92.3 Å². The minimum absolute atomic E-state index is 0.0341. The van der Waals surface area contributed by atoms with E-state index in [9.17, 15) is 13.2 Å². The van der Waals surface area contributed by atoms with Crippen molar-refractivity contribution in [1.82, 2.24) is 14.9 Å². The van der Waals surface area contributed by atoms with Gasteiger partial charge >= 0.3 is 0 Å². The Hall–Kier alpha value is -2.48. The Balaban J connectivity index is 1.60. The third-order valence-electron chi connectivity index (χ3n) is 4.26. The van der Waals surface area contributed by atoms with E-state index < -0.39 is 9.84 Å². The Morgan fingerprint density at radius 3 is 2.72 bits per heavy atom. The van der Waals surface area contributed by atoms with Crippen LogP contribution >= 0.6 is 0 Å². The molecular formula is C17H20N4O3S. The number of aromatic nitrogens is 2. The zero-order valence-electron chi connectivity index (χ0n) is 13.9. The highest BCUT2D eigenvalue weighted by Crippen LogP contribution is 2.18. The van der Waals surface area contributed by atoms with Crippen LogP contribution in [-0.2, 0) is 16.4 Å². The zero-order valence-corrected chi connectivity index (χ0v) is 14.7. The fraction of sp³-hybridized carbons (Fsp3) is 0.353. The van der Waals surface area contributed by atoms with Gasteiger partial charge in [0.15, 0.2) is 9.84 Å². The molecule has 3 rings (SSSR count). The molecule has 2 aromatic rings. The van der Waals surface area contributed by atoms with E-state index in [1.807, 2.05) is 18.2 Å². The molecule has 1 fully saturated rings. The molecule has 25 heavy (non-hydrogen) atoms. The fourth-order valence-electron chi connectivity index (χ4n) is 2.76. The van der Waals surface area contributed by atoms with Crippen molar-refractivity contribution in [1.29, 1.82) is 0 Å². The van der Waals surface area contributed by atoms with E-state index in [1.54, 1.807) is 25.4 Å². The molecule has 1 aliphatic rings. The summed E-state index contributed by atoms with van der Waals surface area (Å²) in [6.45, 7) is 0.543. The van der Waals surface area contributed by atoms with Crippen molar-refractivity contribution in [3.63, 3.8) is 0 Å². The van der Waals surface area contributed by atoms with Gasteiger partial charge in [-0.25, -0.2) is 13.4 Å². The average molecular weight is 360 g/mol. The van der Waals surface area contributed by atoms with Gasteiger partial charge in [0.1, 0.15) is 5.82 Å². The predicted molar refractivity (Wildman–Crippen MR) is 95.0 cm³/mol. The van der Waals surface area contributed by atoms with Gasteiger partial charge in [-0.3, -0.25) is 9.78 Å². The molecule has 0 aromatic carbocycles. The van der Waals surface area contributed by atoms with Gasteiger partial charge in [-0.2, -0.15) is 0 Å². The molecule has 1 amide bonds. The van der Waals surface area contributed by atoms with E-state index in [0.717, 1.165) is 5.69 Å². The van der Waals surface area contributed by atoms with E-state index in [0.29, 0.717) is 24.3 Å². The van der Waals surface area contributed by atoms with Gasteiger partial charge < -0.3 is 10.2 Å². The van der Waals surface area contributed by atoms with Gasteiger partial charge in [-0.15, -0.1) is 0 Å². The Morgan fingerprint density at radius 2 is 2.12 bits per heavy atom. The second-order valence-corrected chi connectivity index (χ2v) is 8.31. The van der Waals surface area contributed by atoms with Gasteiger partial charge in [0.2, 0.25) is 0 Å². The summed E-state index contributed by atoms with van der Waals surface area (Å²) in [6, 6.07) is 8.84. The Kier molecular flexibility index (Phi) is 4.98. The normalized spacial score (nSPS) is 18.7. The van der Waals surface area contributed by atoms with E-state index in [4.69, 9.17) is 0 Å². The molecule has 1 N–H and O–H groups in total. The minimum atomic E-state index is -3.02. The van der Waals surface area contributed by atoms with Crippen molar-refractivity contribution in [3.8, 4) is 0 Å². The van der Waals surface area contributed by atoms with Crippen molar-refractivity contribution in [2.75, 3.05) is 23.9 Å².